The number of halogens is 1. The highest BCUT2D eigenvalue weighted by molar-refractivity contribution is 5.02. The van der Waals surface area contributed by atoms with Gasteiger partial charge in [0.15, 0.2) is 22.3 Å². The molecule has 1 aromatic heterocycles. The van der Waals surface area contributed by atoms with Crippen LogP contribution in [0.25, 0.3) is 0 Å². The molecule has 0 aliphatic carbocycles. The third-order valence-corrected chi connectivity index (χ3v) is 2.07. The summed E-state index contributed by atoms with van der Waals surface area (Å²) in [5, 5.41) is 30.2. The fourth-order valence-corrected chi connectivity index (χ4v) is 1.13. The van der Waals surface area contributed by atoms with Gasteiger partial charge in [0.25, 0.3) is 0 Å². The molecule has 0 aliphatic rings. The molecule has 0 aromatic carbocycles. The van der Waals surface area contributed by atoms with Crippen LogP contribution in [0.3, 0.4) is 0 Å². The average molecular weight is 282 g/mol. The van der Waals surface area contributed by atoms with Gasteiger partial charge in [-0.2, -0.15) is 5.10 Å². The number of hydrogen-bond donors (Lipinski definition) is 1. The van der Waals surface area contributed by atoms with Gasteiger partial charge in [0, 0.05) is 5.10 Å². The van der Waals surface area contributed by atoms with Gasteiger partial charge >= 0.3 is 0 Å². The third kappa shape index (κ3) is 4.01. The van der Waals surface area contributed by atoms with Crippen LogP contribution in [0.4, 0.5) is 0 Å². The van der Waals surface area contributed by atoms with E-state index in [1.807, 2.05) is 0 Å². The quantitative estimate of drug-likeness (QED) is 0.410. The minimum absolute atomic E-state index is 0. The SMILES string of the molecule is CN(Cc1n[nH][nH+]c1CN(C)[N+](=O)[O-])[N+](=O)[O-].[Cl-]. The van der Waals surface area contributed by atoms with Crippen molar-refractivity contribution in [2.24, 2.45) is 0 Å². The Bertz CT molecular complexity index is 387. The number of H-pyrrole nitrogens is 2. The lowest BCUT2D eigenvalue weighted by molar-refractivity contribution is -0.657. The first-order valence-corrected chi connectivity index (χ1v) is 4.56. The largest absolute Gasteiger partial charge is 1.00 e. The molecule has 0 unspecified atom stereocenters. The van der Waals surface area contributed by atoms with Crippen LogP contribution < -0.4 is 17.5 Å². The van der Waals surface area contributed by atoms with Gasteiger partial charge in [-0.05, 0) is 0 Å². The number of nitro groups is 2. The summed E-state index contributed by atoms with van der Waals surface area (Å²) in [4.78, 5) is 20.9. The first kappa shape index (κ1) is 15.8. The lowest BCUT2D eigenvalue weighted by Crippen LogP contribution is -3.00. The van der Waals surface area contributed by atoms with E-state index in [9.17, 15) is 20.2 Å². The Balaban J connectivity index is 0.00000289. The molecular weight excluding hydrogens is 270 g/mol. The van der Waals surface area contributed by atoms with Gasteiger partial charge in [-0.1, -0.05) is 5.21 Å². The lowest BCUT2D eigenvalue weighted by Gasteiger charge is -2.06. The van der Waals surface area contributed by atoms with Gasteiger partial charge in [0.2, 0.25) is 5.69 Å². The van der Waals surface area contributed by atoms with Crippen molar-refractivity contribution in [2.45, 2.75) is 13.1 Å². The number of nitrogens with one attached hydrogen (secondary N) is 2. The Morgan fingerprint density at radius 3 is 2.22 bits per heavy atom. The minimum atomic E-state index is -0.588. The van der Waals surface area contributed by atoms with Crippen molar-refractivity contribution in [3.63, 3.8) is 0 Å². The van der Waals surface area contributed by atoms with E-state index in [2.05, 4.69) is 15.4 Å². The zero-order valence-corrected chi connectivity index (χ0v) is 10.4. The standard InChI is InChI=1S/C6H11N7O4.ClH/c1-10(12(14)15)3-5-6(8-9-7-5)4-11(2)13(16)17;/h3-4H2,1-2H3,(H,7,8,9);1H. The van der Waals surface area contributed by atoms with Crippen LogP contribution in [0.1, 0.15) is 11.4 Å². The Morgan fingerprint density at radius 1 is 1.22 bits per heavy atom. The maximum Gasteiger partial charge on any atom is 0.248 e. The lowest BCUT2D eigenvalue weighted by atomic mass is 10.3. The van der Waals surface area contributed by atoms with Crippen LogP contribution >= 0.6 is 0 Å². The number of aromatic amines is 2. The van der Waals surface area contributed by atoms with Crippen LogP contribution in [0, 0.1) is 20.2 Å². The van der Waals surface area contributed by atoms with E-state index in [0.717, 1.165) is 10.0 Å². The Kier molecular flexibility index (Phi) is 5.75. The average Bonchev–Trinajstić information content (AvgIpc) is 2.65. The van der Waals surface area contributed by atoms with Crippen molar-refractivity contribution in [3.05, 3.63) is 31.6 Å². The molecule has 0 bridgehead atoms. The van der Waals surface area contributed by atoms with Crippen molar-refractivity contribution in [1.82, 2.24) is 20.3 Å². The third-order valence-electron chi connectivity index (χ3n) is 2.07. The number of rotatable bonds is 6. The zero-order valence-electron chi connectivity index (χ0n) is 9.66. The van der Waals surface area contributed by atoms with Crippen LogP contribution in [0.2, 0.25) is 0 Å². The van der Waals surface area contributed by atoms with Gasteiger partial charge in [0.1, 0.15) is 6.54 Å². The monoisotopic (exact) mass is 281 g/mol. The number of hydrazine groups is 2. The molecule has 0 atom stereocenters. The Labute approximate surface area is 107 Å². The molecular formula is C6H12ClN7O4. The number of nitrogens with zero attached hydrogens (tertiary/aromatic N) is 5. The van der Waals surface area contributed by atoms with E-state index < -0.39 is 10.1 Å². The van der Waals surface area contributed by atoms with Crippen molar-refractivity contribution in [3.8, 4) is 0 Å². The molecule has 0 amide bonds. The van der Waals surface area contributed by atoms with Gasteiger partial charge in [-0.3, -0.25) is 0 Å². The molecule has 0 saturated carbocycles. The summed E-state index contributed by atoms with van der Waals surface area (Å²) >= 11 is 0. The first-order valence-electron chi connectivity index (χ1n) is 4.56. The van der Waals surface area contributed by atoms with E-state index >= 15 is 0 Å². The first-order chi connectivity index (χ1) is 7.91. The number of hydrogen-bond acceptors (Lipinski definition) is 5. The topological polar surface area (TPSA) is 136 Å². The minimum Gasteiger partial charge on any atom is -1.00 e. The van der Waals surface area contributed by atoms with Gasteiger partial charge < -0.3 is 12.4 Å². The van der Waals surface area contributed by atoms with E-state index in [-0.39, 0.29) is 25.5 Å². The van der Waals surface area contributed by atoms with E-state index in [1.165, 1.54) is 14.1 Å². The highest BCUT2D eigenvalue weighted by Crippen LogP contribution is 2.04. The summed E-state index contributed by atoms with van der Waals surface area (Å²) in [6.45, 7) is -0.0712. The van der Waals surface area contributed by atoms with Crippen LogP contribution in [-0.2, 0) is 13.1 Å². The van der Waals surface area contributed by atoms with Crippen LogP contribution in [0.15, 0.2) is 0 Å². The van der Waals surface area contributed by atoms with Gasteiger partial charge in [-0.15, -0.1) is 10.0 Å². The van der Waals surface area contributed by atoms with Crippen LogP contribution in [0.5, 0.6) is 0 Å². The Morgan fingerprint density at radius 2 is 1.72 bits per heavy atom. The fourth-order valence-electron chi connectivity index (χ4n) is 1.13. The van der Waals surface area contributed by atoms with E-state index in [4.69, 9.17) is 0 Å². The summed E-state index contributed by atoms with van der Waals surface area (Å²) in [6, 6.07) is 0. The predicted octanol–water partition coefficient (Wildman–Crippen LogP) is -4.53. The fraction of sp³-hybridized carbons (Fsp3) is 0.667. The van der Waals surface area contributed by atoms with Crippen molar-refractivity contribution in [2.75, 3.05) is 14.1 Å². The predicted molar refractivity (Wildman–Crippen MR) is 52.1 cm³/mol. The molecule has 0 fully saturated rings. The van der Waals surface area contributed by atoms with Gasteiger partial charge in [-0.25, -0.2) is 20.2 Å². The summed E-state index contributed by atoms with van der Waals surface area (Å²) in [6.07, 6.45) is 0. The smallest absolute Gasteiger partial charge is 0.248 e. The van der Waals surface area contributed by atoms with Gasteiger partial charge in [0.05, 0.1) is 14.1 Å². The highest BCUT2D eigenvalue weighted by Gasteiger charge is 2.24. The van der Waals surface area contributed by atoms with Crippen molar-refractivity contribution < 1.29 is 27.6 Å². The maximum absolute atomic E-state index is 10.4. The second-order valence-electron chi connectivity index (χ2n) is 3.38. The molecule has 12 heteroatoms. The summed E-state index contributed by atoms with van der Waals surface area (Å²) in [5.74, 6) is 0. The molecule has 0 radical (unpaired) electrons. The molecule has 18 heavy (non-hydrogen) atoms. The molecule has 2 N–H and O–H groups in total. The number of aromatic nitrogens is 3. The normalized spacial score (nSPS) is 9.44. The van der Waals surface area contributed by atoms with Crippen molar-refractivity contribution >= 4 is 0 Å². The summed E-state index contributed by atoms with van der Waals surface area (Å²) in [5.41, 5.74) is 0.788. The molecule has 1 rings (SSSR count). The molecule has 1 heterocycles. The van der Waals surface area contributed by atoms with Crippen molar-refractivity contribution in [1.29, 1.82) is 0 Å². The highest BCUT2D eigenvalue weighted by atomic mass is 35.5. The molecule has 102 valence electrons. The Hall–Kier alpha value is -2.17. The molecule has 0 aliphatic heterocycles. The van der Waals surface area contributed by atoms with E-state index in [0.29, 0.717) is 11.4 Å². The second kappa shape index (κ2) is 6.54. The molecule has 0 saturated heterocycles. The summed E-state index contributed by atoms with van der Waals surface area (Å²) < 4.78 is 0. The summed E-state index contributed by atoms with van der Waals surface area (Å²) in [7, 11) is 2.58. The molecule has 11 nitrogen and oxygen atoms in total. The van der Waals surface area contributed by atoms with E-state index in [1.54, 1.807) is 0 Å². The zero-order chi connectivity index (χ0) is 13.0. The second-order valence-corrected chi connectivity index (χ2v) is 3.38. The molecule has 1 aromatic rings. The maximum atomic E-state index is 10.4. The van der Waals surface area contributed by atoms with Crippen LogP contribution in [-0.4, -0.2) is 44.5 Å². The molecule has 0 spiro atoms.